The summed E-state index contributed by atoms with van der Waals surface area (Å²) in [4.78, 5) is 24.5. The van der Waals surface area contributed by atoms with Crippen molar-refractivity contribution in [1.82, 2.24) is 4.90 Å². The van der Waals surface area contributed by atoms with Crippen LogP contribution in [-0.2, 0) is 9.47 Å². The number of rotatable bonds is 3. The number of halogens is 1. The highest BCUT2D eigenvalue weighted by atomic mass is 19.1. The molecule has 5 nitrogen and oxygen atoms in total. The fraction of sp³-hybridized carbons (Fsp3) is 0.846. The molecule has 0 aliphatic heterocycles. The molecule has 0 aromatic heterocycles. The Morgan fingerprint density at radius 1 is 0.947 bits per heavy atom. The first-order valence-corrected chi connectivity index (χ1v) is 6.26. The molecule has 6 heteroatoms. The molecule has 2 amide bonds. The van der Waals surface area contributed by atoms with Crippen LogP contribution in [0.2, 0.25) is 0 Å². The number of carbonyl (C=O) groups excluding carboxylic acids is 2. The van der Waals surface area contributed by atoms with Crippen LogP contribution in [0.25, 0.3) is 0 Å². The van der Waals surface area contributed by atoms with Gasteiger partial charge in [0.1, 0.15) is 11.2 Å². The Morgan fingerprint density at radius 3 is 1.58 bits per heavy atom. The van der Waals surface area contributed by atoms with Crippen LogP contribution in [0.1, 0.15) is 48.0 Å². The number of amides is 2. The van der Waals surface area contributed by atoms with Crippen molar-refractivity contribution in [2.24, 2.45) is 0 Å². The maximum atomic E-state index is 12.2. The van der Waals surface area contributed by atoms with E-state index in [1.54, 1.807) is 41.5 Å². The van der Waals surface area contributed by atoms with Crippen molar-refractivity contribution in [3.8, 4) is 0 Å². The minimum absolute atomic E-state index is 0.0541. The molecule has 19 heavy (non-hydrogen) atoms. The van der Waals surface area contributed by atoms with Crippen molar-refractivity contribution >= 4 is 12.2 Å². The first kappa shape index (κ1) is 17.7. The number of nitrogens with zero attached hydrogens (tertiary/aromatic N) is 1. The third kappa shape index (κ3) is 8.40. The van der Waals surface area contributed by atoms with Crippen LogP contribution in [0.3, 0.4) is 0 Å². The van der Waals surface area contributed by atoms with Gasteiger partial charge >= 0.3 is 12.2 Å². The summed E-state index contributed by atoms with van der Waals surface area (Å²) in [5.74, 6) is 0. The Morgan fingerprint density at radius 2 is 1.32 bits per heavy atom. The molecular formula is C13H24FNO4. The molecule has 0 radical (unpaired) electrons. The predicted molar refractivity (Wildman–Crippen MR) is 69.8 cm³/mol. The van der Waals surface area contributed by atoms with Gasteiger partial charge in [-0.15, -0.1) is 0 Å². The molecule has 0 aliphatic rings. The minimum atomic E-state index is -0.824. The third-order valence-electron chi connectivity index (χ3n) is 1.74. The van der Waals surface area contributed by atoms with E-state index in [1.807, 2.05) is 0 Å². The quantitative estimate of drug-likeness (QED) is 0.792. The predicted octanol–water partition coefficient (Wildman–Crippen LogP) is 3.52. The second-order valence-electron chi connectivity index (χ2n) is 6.15. The Kier molecular flexibility index (Phi) is 6.25. The summed E-state index contributed by atoms with van der Waals surface area (Å²) in [6.45, 7) is 9.43. The highest BCUT2D eigenvalue weighted by Crippen LogP contribution is 2.14. The van der Waals surface area contributed by atoms with Crippen LogP contribution < -0.4 is 0 Å². The van der Waals surface area contributed by atoms with Crippen molar-refractivity contribution in [2.75, 3.05) is 13.2 Å². The molecule has 0 saturated carbocycles. The lowest BCUT2D eigenvalue weighted by molar-refractivity contribution is 0.00109. The number of ether oxygens (including phenoxy) is 2. The summed E-state index contributed by atoms with van der Waals surface area (Å²) >= 11 is 0. The van der Waals surface area contributed by atoms with E-state index in [2.05, 4.69) is 0 Å². The van der Waals surface area contributed by atoms with Gasteiger partial charge in [-0.3, -0.25) is 4.39 Å². The van der Waals surface area contributed by atoms with E-state index in [1.165, 1.54) is 0 Å². The number of imide groups is 1. The van der Waals surface area contributed by atoms with Gasteiger partial charge in [-0.2, -0.15) is 0 Å². The third-order valence-corrected chi connectivity index (χ3v) is 1.74. The number of alkyl halides is 1. The standard InChI is InChI=1S/C13H24FNO4/c1-12(2,3)18-10(16)15(9-7-8-14)11(17)19-13(4,5)6/h7-9H2,1-6H3. The normalized spacial score (nSPS) is 11.9. The summed E-state index contributed by atoms with van der Waals surface area (Å²) < 4.78 is 22.4. The second kappa shape index (κ2) is 6.73. The molecule has 0 N–H and O–H groups in total. The first-order chi connectivity index (χ1) is 8.46. The molecule has 0 atom stereocenters. The Labute approximate surface area is 114 Å². The molecule has 0 aliphatic carbocycles. The molecule has 0 fully saturated rings. The van der Waals surface area contributed by atoms with Crippen LogP contribution in [0, 0.1) is 0 Å². The molecule has 0 bridgehead atoms. The molecule has 0 saturated heterocycles. The first-order valence-electron chi connectivity index (χ1n) is 6.26. The lowest BCUT2D eigenvalue weighted by Crippen LogP contribution is -2.44. The maximum absolute atomic E-state index is 12.2. The summed E-state index contributed by atoms with van der Waals surface area (Å²) in [5.41, 5.74) is -1.46. The minimum Gasteiger partial charge on any atom is -0.443 e. The van der Waals surface area contributed by atoms with E-state index in [0.717, 1.165) is 4.90 Å². The molecule has 0 heterocycles. The van der Waals surface area contributed by atoms with E-state index < -0.39 is 30.1 Å². The maximum Gasteiger partial charge on any atom is 0.419 e. The Bertz CT molecular complexity index is 290. The largest absolute Gasteiger partial charge is 0.443 e. The van der Waals surface area contributed by atoms with Gasteiger partial charge in [0, 0.05) is 6.54 Å². The zero-order chi connectivity index (χ0) is 15.3. The highest BCUT2D eigenvalue weighted by molar-refractivity contribution is 5.88. The molecule has 0 unspecified atom stereocenters. The SMILES string of the molecule is CC(C)(C)OC(=O)N(CCCF)C(=O)OC(C)(C)C. The highest BCUT2D eigenvalue weighted by Gasteiger charge is 2.30. The van der Waals surface area contributed by atoms with Gasteiger partial charge in [-0.1, -0.05) is 0 Å². The summed E-state index contributed by atoms with van der Waals surface area (Å²) in [6.07, 6.45) is -1.59. The van der Waals surface area contributed by atoms with E-state index in [0.29, 0.717) is 0 Å². The fourth-order valence-electron chi connectivity index (χ4n) is 1.11. The van der Waals surface area contributed by atoms with Crippen LogP contribution in [-0.4, -0.2) is 41.5 Å². The summed E-state index contributed by atoms with van der Waals surface area (Å²) in [6, 6.07) is 0. The van der Waals surface area contributed by atoms with Gasteiger partial charge < -0.3 is 9.47 Å². The number of hydrogen-bond acceptors (Lipinski definition) is 4. The van der Waals surface area contributed by atoms with Crippen LogP contribution in [0.15, 0.2) is 0 Å². The van der Waals surface area contributed by atoms with E-state index in [-0.39, 0.29) is 13.0 Å². The average molecular weight is 277 g/mol. The number of carbonyl (C=O) groups is 2. The second-order valence-corrected chi connectivity index (χ2v) is 6.15. The van der Waals surface area contributed by atoms with Gasteiger partial charge in [0.15, 0.2) is 0 Å². The smallest absolute Gasteiger partial charge is 0.419 e. The van der Waals surface area contributed by atoms with E-state index in [9.17, 15) is 14.0 Å². The monoisotopic (exact) mass is 277 g/mol. The molecule has 0 aromatic carbocycles. The molecule has 0 aromatic rings. The van der Waals surface area contributed by atoms with Crippen molar-refractivity contribution in [2.45, 2.75) is 59.2 Å². The van der Waals surface area contributed by atoms with Crippen LogP contribution in [0.5, 0.6) is 0 Å². The van der Waals surface area contributed by atoms with Gasteiger partial charge in [-0.25, -0.2) is 14.5 Å². The molecular weight excluding hydrogens is 253 g/mol. The molecule has 0 spiro atoms. The van der Waals surface area contributed by atoms with E-state index in [4.69, 9.17) is 9.47 Å². The fourth-order valence-corrected chi connectivity index (χ4v) is 1.11. The van der Waals surface area contributed by atoms with Gasteiger partial charge in [0.25, 0.3) is 0 Å². The lowest BCUT2D eigenvalue weighted by Gasteiger charge is -2.28. The zero-order valence-corrected chi connectivity index (χ0v) is 12.6. The van der Waals surface area contributed by atoms with Crippen LogP contribution in [0.4, 0.5) is 14.0 Å². The van der Waals surface area contributed by atoms with Crippen molar-refractivity contribution < 1.29 is 23.5 Å². The van der Waals surface area contributed by atoms with Crippen molar-refractivity contribution in [1.29, 1.82) is 0 Å². The average Bonchev–Trinajstić information content (AvgIpc) is 2.12. The van der Waals surface area contributed by atoms with Crippen LogP contribution >= 0.6 is 0 Å². The summed E-state index contributed by atoms with van der Waals surface area (Å²) in [5, 5.41) is 0. The van der Waals surface area contributed by atoms with Gasteiger partial charge in [0.2, 0.25) is 0 Å². The van der Waals surface area contributed by atoms with Gasteiger partial charge in [0.05, 0.1) is 6.67 Å². The Balaban J connectivity index is 4.80. The number of hydrogen-bond donors (Lipinski definition) is 0. The zero-order valence-electron chi connectivity index (χ0n) is 12.6. The van der Waals surface area contributed by atoms with Crippen molar-refractivity contribution in [3.63, 3.8) is 0 Å². The van der Waals surface area contributed by atoms with Gasteiger partial charge in [-0.05, 0) is 48.0 Å². The topological polar surface area (TPSA) is 55.8 Å². The molecule has 112 valence electrons. The molecule has 0 rings (SSSR count). The van der Waals surface area contributed by atoms with E-state index >= 15 is 0 Å². The lowest BCUT2D eigenvalue weighted by atomic mass is 10.2. The Hall–Kier alpha value is -1.33. The van der Waals surface area contributed by atoms with Crippen molar-refractivity contribution in [3.05, 3.63) is 0 Å². The summed E-state index contributed by atoms with van der Waals surface area (Å²) in [7, 11) is 0.